The number of hydrogen-bond acceptors (Lipinski definition) is 4. The monoisotopic (exact) mass is 275 g/mol. The molecular formula is C16H25N3O. The highest BCUT2D eigenvalue weighted by Gasteiger charge is 2.13. The molecule has 1 aromatic rings. The van der Waals surface area contributed by atoms with Gasteiger partial charge in [-0.1, -0.05) is 6.42 Å². The largest absolute Gasteiger partial charge is 0.398 e. The van der Waals surface area contributed by atoms with Crippen molar-refractivity contribution in [1.82, 2.24) is 4.90 Å². The average molecular weight is 275 g/mol. The molecule has 2 rings (SSSR count). The normalized spacial score (nSPS) is 17.7. The summed E-state index contributed by atoms with van der Waals surface area (Å²) in [6.07, 6.45) is 3.99. The maximum atomic E-state index is 11.4. The first kappa shape index (κ1) is 14.9. The second-order valence-electron chi connectivity index (χ2n) is 5.76. The molecule has 1 aromatic carbocycles. The van der Waals surface area contributed by atoms with Gasteiger partial charge >= 0.3 is 0 Å². The molecule has 0 radical (unpaired) electrons. The summed E-state index contributed by atoms with van der Waals surface area (Å²) in [5.74, 6) is 0.00964. The van der Waals surface area contributed by atoms with Crippen LogP contribution in [0.5, 0.6) is 0 Å². The quantitative estimate of drug-likeness (QED) is 0.641. The van der Waals surface area contributed by atoms with E-state index in [9.17, 15) is 4.79 Å². The van der Waals surface area contributed by atoms with Crippen LogP contribution in [0.15, 0.2) is 18.2 Å². The lowest BCUT2D eigenvalue weighted by Gasteiger charge is -2.29. The third kappa shape index (κ3) is 3.97. The molecule has 4 heteroatoms. The van der Waals surface area contributed by atoms with Gasteiger partial charge in [-0.25, -0.2) is 0 Å². The van der Waals surface area contributed by atoms with E-state index in [1.54, 1.807) is 6.07 Å². The van der Waals surface area contributed by atoms with Crippen molar-refractivity contribution in [3.63, 3.8) is 0 Å². The molecule has 1 fully saturated rings. The summed E-state index contributed by atoms with van der Waals surface area (Å²) in [4.78, 5) is 13.9. The first-order valence-corrected chi connectivity index (χ1v) is 7.45. The number of carbonyl (C=O) groups excluding carboxylic acids is 1. The lowest BCUT2D eigenvalue weighted by Crippen LogP contribution is -2.38. The number of Topliss-reactive ketones (excluding diaryl/α,β-unsaturated/α-hetero) is 1. The number of carbonyl (C=O) groups is 1. The average Bonchev–Trinajstić information content (AvgIpc) is 2.39. The van der Waals surface area contributed by atoms with E-state index in [-0.39, 0.29) is 5.78 Å². The fourth-order valence-corrected chi connectivity index (χ4v) is 2.83. The van der Waals surface area contributed by atoms with Gasteiger partial charge in [-0.05, 0) is 58.0 Å². The van der Waals surface area contributed by atoms with Gasteiger partial charge in [0.15, 0.2) is 5.78 Å². The number of piperidine rings is 1. The van der Waals surface area contributed by atoms with Crippen LogP contribution in [-0.4, -0.2) is 36.4 Å². The van der Waals surface area contributed by atoms with E-state index < -0.39 is 0 Å². The van der Waals surface area contributed by atoms with Crippen LogP contribution in [0.1, 0.15) is 43.5 Å². The predicted octanol–water partition coefficient (Wildman–Crippen LogP) is 2.76. The van der Waals surface area contributed by atoms with Crippen LogP contribution < -0.4 is 11.1 Å². The summed E-state index contributed by atoms with van der Waals surface area (Å²) < 4.78 is 0. The smallest absolute Gasteiger partial charge is 0.161 e. The number of anilines is 2. The Labute approximate surface area is 121 Å². The summed E-state index contributed by atoms with van der Waals surface area (Å²) in [6, 6.07) is 5.95. The van der Waals surface area contributed by atoms with Gasteiger partial charge < -0.3 is 16.0 Å². The molecule has 1 saturated heterocycles. The van der Waals surface area contributed by atoms with Crippen molar-refractivity contribution < 1.29 is 4.79 Å². The highest BCUT2D eigenvalue weighted by molar-refractivity contribution is 5.99. The molecule has 0 bridgehead atoms. The van der Waals surface area contributed by atoms with Crippen molar-refractivity contribution in [2.45, 2.75) is 39.2 Å². The third-order valence-electron chi connectivity index (χ3n) is 3.82. The minimum atomic E-state index is 0.00964. The second kappa shape index (κ2) is 6.75. The molecule has 4 nitrogen and oxygen atoms in total. The molecule has 20 heavy (non-hydrogen) atoms. The standard InChI is InChI=1S/C16H25N3O/c1-12(11-19-8-4-3-5-9-19)18-14-6-7-15(13(2)20)16(17)10-14/h6-7,10,12,18H,3-5,8-9,11,17H2,1-2H3. The molecule has 1 aliphatic heterocycles. The molecule has 3 N–H and O–H groups in total. The molecule has 0 amide bonds. The Morgan fingerprint density at radius 2 is 2.05 bits per heavy atom. The van der Waals surface area contributed by atoms with Gasteiger partial charge in [0.2, 0.25) is 0 Å². The minimum absolute atomic E-state index is 0.00964. The number of nitrogens with two attached hydrogens (primary N) is 1. The van der Waals surface area contributed by atoms with Crippen molar-refractivity contribution in [1.29, 1.82) is 0 Å². The summed E-state index contributed by atoms with van der Waals surface area (Å²) >= 11 is 0. The molecule has 0 aromatic heterocycles. The van der Waals surface area contributed by atoms with Gasteiger partial charge in [0.1, 0.15) is 0 Å². The second-order valence-corrected chi connectivity index (χ2v) is 5.76. The molecule has 1 heterocycles. The maximum Gasteiger partial charge on any atom is 0.161 e. The first-order chi connectivity index (χ1) is 9.56. The molecule has 1 atom stereocenters. The predicted molar refractivity (Wildman–Crippen MR) is 84.2 cm³/mol. The van der Waals surface area contributed by atoms with Gasteiger partial charge in [-0.15, -0.1) is 0 Å². The Morgan fingerprint density at radius 1 is 1.35 bits per heavy atom. The Kier molecular flexibility index (Phi) is 5.01. The molecule has 1 aliphatic rings. The lowest BCUT2D eigenvalue weighted by atomic mass is 10.1. The van der Waals surface area contributed by atoms with Crippen molar-refractivity contribution >= 4 is 17.2 Å². The number of likely N-dealkylation sites (tertiary alicyclic amines) is 1. The van der Waals surface area contributed by atoms with E-state index in [4.69, 9.17) is 5.73 Å². The fourth-order valence-electron chi connectivity index (χ4n) is 2.83. The summed E-state index contributed by atoms with van der Waals surface area (Å²) in [6.45, 7) is 7.19. The minimum Gasteiger partial charge on any atom is -0.398 e. The molecule has 0 spiro atoms. The number of benzene rings is 1. The fraction of sp³-hybridized carbons (Fsp3) is 0.562. The van der Waals surface area contributed by atoms with Crippen molar-refractivity contribution in [3.8, 4) is 0 Å². The maximum absolute atomic E-state index is 11.4. The van der Waals surface area contributed by atoms with Crippen molar-refractivity contribution in [2.75, 3.05) is 30.7 Å². The summed E-state index contributed by atoms with van der Waals surface area (Å²) in [5.41, 5.74) is 8.04. The topological polar surface area (TPSA) is 58.4 Å². The van der Waals surface area contributed by atoms with E-state index in [2.05, 4.69) is 17.1 Å². The van der Waals surface area contributed by atoms with E-state index >= 15 is 0 Å². The zero-order chi connectivity index (χ0) is 14.5. The van der Waals surface area contributed by atoms with E-state index in [0.717, 1.165) is 12.2 Å². The van der Waals surface area contributed by atoms with Crippen LogP contribution in [0, 0.1) is 0 Å². The van der Waals surface area contributed by atoms with E-state index in [0.29, 0.717) is 17.3 Å². The Morgan fingerprint density at radius 3 is 2.65 bits per heavy atom. The number of ketones is 1. The van der Waals surface area contributed by atoms with Crippen LogP contribution in [-0.2, 0) is 0 Å². The van der Waals surface area contributed by atoms with Crippen LogP contribution in [0.4, 0.5) is 11.4 Å². The van der Waals surface area contributed by atoms with Gasteiger partial charge in [-0.2, -0.15) is 0 Å². The van der Waals surface area contributed by atoms with Crippen LogP contribution in [0.2, 0.25) is 0 Å². The van der Waals surface area contributed by atoms with Crippen LogP contribution >= 0.6 is 0 Å². The highest BCUT2D eigenvalue weighted by Crippen LogP contribution is 2.19. The number of rotatable bonds is 5. The first-order valence-electron chi connectivity index (χ1n) is 7.45. The number of nitrogen functional groups attached to an aromatic ring is 1. The van der Waals surface area contributed by atoms with Gasteiger partial charge in [0.25, 0.3) is 0 Å². The summed E-state index contributed by atoms with van der Waals surface area (Å²) in [7, 11) is 0. The van der Waals surface area contributed by atoms with Crippen molar-refractivity contribution in [3.05, 3.63) is 23.8 Å². The zero-order valence-electron chi connectivity index (χ0n) is 12.5. The molecule has 0 aliphatic carbocycles. The molecular weight excluding hydrogens is 250 g/mol. The molecule has 1 unspecified atom stereocenters. The third-order valence-corrected chi connectivity index (χ3v) is 3.82. The Balaban J connectivity index is 1.92. The van der Waals surface area contributed by atoms with E-state index in [1.165, 1.54) is 39.3 Å². The van der Waals surface area contributed by atoms with Crippen molar-refractivity contribution in [2.24, 2.45) is 0 Å². The number of hydrogen-bond donors (Lipinski definition) is 2. The molecule has 0 saturated carbocycles. The molecule has 110 valence electrons. The zero-order valence-corrected chi connectivity index (χ0v) is 12.5. The number of nitrogens with zero attached hydrogens (tertiary/aromatic N) is 1. The lowest BCUT2D eigenvalue weighted by molar-refractivity contribution is 0.101. The van der Waals surface area contributed by atoms with Gasteiger partial charge in [0, 0.05) is 29.5 Å². The van der Waals surface area contributed by atoms with E-state index in [1.807, 2.05) is 12.1 Å². The SMILES string of the molecule is CC(=O)c1ccc(NC(C)CN2CCCCC2)cc1N. The highest BCUT2D eigenvalue weighted by atomic mass is 16.1. The van der Waals surface area contributed by atoms with Gasteiger partial charge in [0.05, 0.1) is 0 Å². The Bertz CT molecular complexity index is 467. The van der Waals surface area contributed by atoms with Crippen LogP contribution in [0.3, 0.4) is 0 Å². The van der Waals surface area contributed by atoms with Crippen LogP contribution in [0.25, 0.3) is 0 Å². The number of nitrogens with one attached hydrogen (secondary N) is 1. The van der Waals surface area contributed by atoms with Gasteiger partial charge in [-0.3, -0.25) is 4.79 Å². The summed E-state index contributed by atoms with van der Waals surface area (Å²) in [5, 5.41) is 3.46. The Hall–Kier alpha value is -1.55.